The molecule has 0 atom stereocenters. The molecule has 1 aromatic carbocycles. The van der Waals surface area contributed by atoms with Crippen LogP contribution in [0, 0.1) is 11.8 Å². The zero-order valence-corrected chi connectivity index (χ0v) is 12.6. The average molecular weight is 297 g/mol. The first-order valence-corrected chi connectivity index (χ1v) is 7.25. The van der Waals surface area contributed by atoms with Crippen molar-refractivity contribution in [3.05, 3.63) is 29.8 Å². The van der Waals surface area contributed by atoms with Crippen molar-refractivity contribution < 1.29 is 14.2 Å². The quantitative estimate of drug-likeness (QED) is 0.398. The number of ether oxygens (including phenoxy) is 3. The van der Waals surface area contributed by atoms with Crippen molar-refractivity contribution in [2.45, 2.75) is 12.8 Å². The summed E-state index contributed by atoms with van der Waals surface area (Å²) in [6, 6.07) is 7.77. The van der Waals surface area contributed by atoms with Crippen molar-refractivity contribution in [3.63, 3.8) is 0 Å². The number of methoxy groups -OCH3 is 1. The van der Waals surface area contributed by atoms with E-state index in [0.29, 0.717) is 38.7 Å². The van der Waals surface area contributed by atoms with Gasteiger partial charge in [0.2, 0.25) is 0 Å². The molecular weight excluding hydrogens is 276 g/mol. The second-order valence-electron chi connectivity index (χ2n) is 4.04. The fraction of sp³-hybridized carbons (Fsp3) is 0.500. The van der Waals surface area contributed by atoms with Gasteiger partial charge in [-0.3, -0.25) is 0 Å². The number of alkyl halides is 1. The Labute approximate surface area is 126 Å². The molecule has 110 valence electrons. The predicted molar refractivity (Wildman–Crippen MR) is 81.5 cm³/mol. The van der Waals surface area contributed by atoms with E-state index in [0.717, 1.165) is 17.7 Å². The van der Waals surface area contributed by atoms with Gasteiger partial charge in [0.05, 0.1) is 25.4 Å². The van der Waals surface area contributed by atoms with Crippen LogP contribution in [-0.2, 0) is 9.47 Å². The molecule has 0 N–H and O–H groups in total. The van der Waals surface area contributed by atoms with Gasteiger partial charge in [-0.05, 0) is 12.1 Å². The van der Waals surface area contributed by atoms with Gasteiger partial charge >= 0.3 is 0 Å². The highest BCUT2D eigenvalue weighted by Crippen LogP contribution is 2.16. The van der Waals surface area contributed by atoms with E-state index in [4.69, 9.17) is 25.8 Å². The largest absolute Gasteiger partial charge is 0.492 e. The van der Waals surface area contributed by atoms with E-state index in [1.165, 1.54) is 0 Å². The number of hydrogen-bond acceptors (Lipinski definition) is 3. The molecule has 20 heavy (non-hydrogen) atoms. The van der Waals surface area contributed by atoms with Crippen LogP contribution >= 0.6 is 11.6 Å². The maximum atomic E-state index is 5.73. The zero-order valence-electron chi connectivity index (χ0n) is 11.9. The highest BCUT2D eigenvalue weighted by atomic mass is 35.5. The van der Waals surface area contributed by atoms with Gasteiger partial charge < -0.3 is 14.2 Å². The van der Waals surface area contributed by atoms with Gasteiger partial charge in [0.1, 0.15) is 5.75 Å². The molecule has 0 spiro atoms. The Bertz CT molecular complexity index is 423. The second-order valence-corrected chi connectivity index (χ2v) is 4.42. The molecule has 3 nitrogen and oxygen atoms in total. The summed E-state index contributed by atoms with van der Waals surface area (Å²) in [7, 11) is 1.66. The Morgan fingerprint density at radius 3 is 2.75 bits per heavy atom. The van der Waals surface area contributed by atoms with Crippen LogP contribution in [0.1, 0.15) is 18.4 Å². The number of benzene rings is 1. The normalized spacial score (nSPS) is 9.90. The van der Waals surface area contributed by atoms with Crippen molar-refractivity contribution in [1.29, 1.82) is 0 Å². The average Bonchev–Trinajstić information content (AvgIpc) is 2.48. The molecule has 0 aliphatic heterocycles. The molecule has 1 aromatic rings. The number of rotatable bonds is 9. The van der Waals surface area contributed by atoms with Crippen molar-refractivity contribution in [1.82, 2.24) is 0 Å². The summed E-state index contributed by atoms with van der Waals surface area (Å²) < 4.78 is 16.0. The van der Waals surface area contributed by atoms with Crippen molar-refractivity contribution in [2.24, 2.45) is 0 Å². The number of hydrogen-bond donors (Lipinski definition) is 0. The molecule has 0 aromatic heterocycles. The molecule has 0 bridgehead atoms. The van der Waals surface area contributed by atoms with Gasteiger partial charge in [-0.15, -0.1) is 11.6 Å². The van der Waals surface area contributed by atoms with Gasteiger partial charge in [0, 0.05) is 32.4 Å². The lowest BCUT2D eigenvalue weighted by atomic mass is 10.2. The fourth-order valence-corrected chi connectivity index (χ4v) is 1.58. The molecule has 0 aliphatic carbocycles. The van der Waals surface area contributed by atoms with Crippen LogP contribution in [0.2, 0.25) is 0 Å². The van der Waals surface area contributed by atoms with Gasteiger partial charge in [0.25, 0.3) is 0 Å². The van der Waals surface area contributed by atoms with Crippen LogP contribution in [0.3, 0.4) is 0 Å². The van der Waals surface area contributed by atoms with E-state index < -0.39 is 0 Å². The Morgan fingerprint density at radius 1 is 1.10 bits per heavy atom. The maximum Gasteiger partial charge on any atom is 0.134 e. The second kappa shape index (κ2) is 11.6. The summed E-state index contributed by atoms with van der Waals surface area (Å²) in [6.07, 6.45) is 1.52. The van der Waals surface area contributed by atoms with Crippen LogP contribution < -0.4 is 4.74 Å². The minimum absolute atomic E-state index is 0.550. The molecule has 0 unspecified atom stereocenters. The van der Waals surface area contributed by atoms with E-state index in [-0.39, 0.29) is 0 Å². The topological polar surface area (TPSA) is 27.7 Å². The summed E-state index contributed by atoms with van der Waals surface area (Å²) in [6.45, 7) is 2.53. The molecule has 0 amide bonds. The van der Waals surface area contributed by atoms with Crippen LogP contribution in [0.4, 0.5) is 0 Å². The third-order valence-electron chi connectivity index (χ3n) is 2.45. The van der Waals surface area contributed by atoms with Crippen molar-refractivity contribution >= 4 is 11.6 Å². The summed E-state index contributed by atoms with van der Waals surface area (Å²) in [5.41, 5.74) is 0.901. The monoisotopic (exact) mass is 296 g/mol. The lowest BCUT2D eigenvalue weighted by Gasteiger charge is -2.08. The molecule has 0 aliphatic rings. The molecule has 0 saturated heterocycles. The Kier molecular flexibility index (Phi) is 9.77. The van der Waals surface area contributed by atoms with E-state index in [1.807, 2.05) is 24.3 Å². The fourth-order valence-electron chi connectivity index (χ4n) is 1.49. The Morgan fingerprint density at radius 2 is 1.95 bits per heavy atom. The van der Waals surface area contributed by atoms with Gasteiger partial charge in [0.15, 0.2) is 0 Å². The van der Waals surface area contributed by atoms with Crippen molar-refractivity contribution in [2.75, 3.05) is 39.4 Å². The summed E-state index contributed by atoms with van der Waals surface area (Å²) in [5.74, 6) is 7.45. The summed E-state index contributed by atoms with van der Waals surface area (Å²) in [4.78, 5) is 0. The molecule has 1 rings (SSSR count). The third-order valence-corrected chi connectivity index (χ3v) is 2.64. The first kappa shape index (κ1) is 16.8. The van der Waals surface area contributed by atoms with Gasteiger partial charge in [-0.1, -0.05) is 24.0 Å². The zero-order chi connectivity index (χ0) is 14.5. The smallest absolute Gasteiger partial charge is 0.134 e. The maximum absolute atomic E-state index is 5.73. The number of halogens is 1. The first-order chi connectivity index (χ1) is 9.88. The highest BCUT2D eigenvalue weighted by molar-refractivity contribution is 6.18. The van der Waals surface area contributed by atoms with Gasteiger partial charge in [-0.2, -0.15) is 0 Å². The minimum atomic E-state index is 0.550. The van der Waals surface area contributed by atoms with E-state index in [1.54, 1.807) is 7.11 Å². The van der Waals surface area contributed by atoms with Crippen LogP contribution in [0.25, 0.3) is 0 Å². The van der Waals surface area contributed by atoms with E-state index >= 15 is 0 Å². The third kappa shape index (κ3) is 7.40. The molecule has 0 fully saturated rings. The molecule has 0 heterocycles. The SMILES string of the molecule is COCCOCCCOc1ccccc1C#CCCCl. The molecule has 0 radical (unpaired) electrons. The highest BCUT2D eigenvalue weighted by Gasteiger charge is 1.99. The Balaban J connectivity index is 2.31. The summed E-state index contributed by atoms with van der Waals surface area (Å²) in [5, 5.41) is 0. The van der Waals surface area contributed by atoms with Crippen molar-refractivity contribution in [3.8, 4) is 17.6 Å². The standard InChI is InChI=1S/C16H21ClO3/c1-18-13-14-19-11-6-12-20-16-9-3-2-7-15(16)8-4-5-10-17/h2-3,7,9H,5-6,10-14H2,1H3. The van der Waals surface area contributed by atoms with E-state index in [2.05, 4.69) is 11.8 Å². The number of para-hydroxylation sites is 1. The van der Waals surface area contributed by atoms with Crippen LogP contribution in [-0.4, -0.2) is 39.4 Å². The van der Waals surface area contributed by atoms with Crippen LogP contribution in [0.5, 0.6) is 5.75 Å². The van der Waals surface area contributed by atoms with E-state index in [9.17, 15) is 0 Å². The van der Waals surface area contributed by atoms with Crippen LogP contribution in [0.15, 0.2) is 24.3 Å². The minimum Gasteiger partial charge on any atom is -0.492 e. The lowest BCUT2D eigenvalue weighted by molar-refractivity contribution is 0.0644. The molecule has 4 heteroatoms. The Hall–Kier alpha value is -1.21. The summed E-state index contributed by atoms with van der Waals surface area (Å²) >= 11 is 5.61. The molecule has 0 saturated carbocycles. The lowest BCUT2D eigenvalue weighted by Crippen LogP contribution is -2.07. The van der Waals surface area contributed by atoms with Gasteiger partial charge in [-0.25, -0.2) is 0 Å². The first-order valence-electron chi connectivity index (χ1n) is 6.72. The predicted octanol–water partition coefficient (Wildman–Crippen LogP) is 3.10. The molecular formula is C16H21ClO3.